The Morgan fingerprint density at radius 1 is 0.706 bits per heavy atom. The van der Waals surface area contributed by atoms with E-state index in [1.165, 1.54) is 64.5 Å². The molecule has 0 unspecified atom stereocenters. The van der Waals surface area contributed by atoms with Gasteiger partial charge in [0, 0.05) is 0 Å². The molecule has 0 aromatic rings. The van der Waals surface area contributed by atoms with Crippen LogP contribution in [0, 0.1) is 0 Å². The molecule has 2 nitrogen and oxygen atoms in total. The van der Waals surface area contributed by atoms with E-state index in [-0.39, 0.29) is 0 Å². The summed E-state index contributed by atoms with van der Waals surface area (Å²) in [7, 11) is 6.85. The van der Waals surface area contributed by atoms with Crippen LogP contribution in [0.3, 0.4) is 0 Å². The van der Waals surface area contributed by atoms with Gasteiger partial charge in [0.25, 0.3) is 0 Å². The van der Waals surface area contributed by atoms with Crippen molar-refractivity contribution in [2.75, 3.05) is 40.8 Å². The third-order valence-electron chi connectivity index (χ3n) is 3.18. The third kappa shape index (κ3) is 15.9. The third-order valence-corrected chi connectivity index (χ3v) is 3.18. The molecule has 0 heterocycles. The molecule has 0 aliphatic carbocycles. The molecule has 0 aromatic carbocycles. The fourth-order valence-corrected chi connectivity index (χ4v) is 2.07. The average Bonchev–Trinajstić information content (AvgIpc) is 2.24. The maximum atomic E-state index is 3.38. The Bertz CT molecular complexity index is 149. The Hall–Kier alpha value is -0.0800. The molecule has 0 atom stereocenters. The van der Waals surface area contributed by atoms with Crippen molar-refractivity contribution in [1.82, 2.24) is 5.32 Å². The van der Waals surface area contributed by atoms with Crippen molar-refractivity contribution >= 4 is 0 Å². The summed E-state index contributed by atoms with van der Waals surface area (Å²) in [6, 6.07) is 0. The minimum absolute atomic E-state index is 1.12. The second-order valence-electron chi connectivity index (χ2n) is 6.20. The van der Waals surface area contributed by atoms with Crippen molar-refractivity contribution in [3.63, 3.8) is 0 Å². The number of hydrogen-bond donors (Lipinski definition) is 1. The molecule has 0 rings (SSSR count). The summed E-state index contributed by atoms with van der Waals surface area (Å²) in [6.45, 7) is 5.82. The molecular formula is C15H35N2+. The van der Waals surface area contributed by atoms with Gasteiger partial charge in [0.05, 0.1) is 27.7 Å². The van der Waals surface area contributed by atoms with E-state index in [0.29, 0.717) is 0 Å². The van der Waals surface area contributed by atoms with Gasteiger partial charge in [-0.05, 0) is 32.4 Å². The largest absolute Gasteiger partial charge is 0.331 e. The molecule has 17 heavy (non-hydrogen) atoms. The quantitative estimate of drug-likeness (QED) is 0.409. The van der Waals surface area contributed by atoms with Crippen LogP contribution in [0.2, 0.25) is 0 Å². The molecule has 0 bridgehead atoms. The zero-order valence-electron chi connectivity index (χ0n) is 12.7. The minimum Gasteiger partial charge on any atom is -0.331 e. The van der Waals surface area contributed by atoms with E-state index in [2.05, 4.69) is 33.4 Å². The Morgan fingerprint density at radius 2 is 1.18 bits per heavy atom. The van der Waals surface area contributed by atoms with Gasteiger partial charge in [-0.15, -0.1) is 0 Å². The van der Waals surface area contributed by atoms with E-state index in [4.69, 9.17) is 0 Å². The summed E-state index contributed by atoms with van der Waals surface area (Å²) in [5, 5.41) is 3.38. The van der Waals surface area contributed by atoms with Gasteiger partial charge < -0.3 is 9.80 Å². The summed E-state index contributed by atoms with van der Waals surface area (Å²) in [4.78, 5) is 0. The van der Waals surface area contributed by atoms with Crippen molar-refractivity contribution in [2.45, 2.75) is 58.3 Å². The first-order valence-corrected chi connectivity index (χ1v) is 7.57. The topological polar surface area (TPSA) is 12.0 Å². The molecule has 1 N–H and O–H groups in total. The van der Waals surface area contributed by atoms with Gasteiger partial charge in [0.2, 0.25) is 0 Å². The van der Waals surface area contributed by atoms with E-state index in [9.17, 15) is 0 Å². The smallest absolute Gasteiger partial charge is 0.0780 e. The molecule has 0 aliphatic rings. The SMILES string of the molecule is CCNCCCCCCCCCC[N+](C)(C)C. The highest BCUT2D eigenvalue weighted by Crippen LogP contribution is 2.09. The molecule has 0 saturated heterocycles. The zero-order chi connectivity index (χ0) is 13.0. The lowest BCUT2D eigenvalue weighted by atomic mass is 10.1. The van der Waals surface area contributed by atoms with Crippen LogP contribution in [0.4, 0.5) is 0 Å². The second kappa shape index (κ2) is 11.0. The predicted molar refractivity (Wildman–Crippen MR) is 78.4 cm³/mol. The van der Waals surface area contributed by atoms with Crippen LogP contribution in [0.15, 0.2) is 0 Å². The first-order valence-electron chi connectivity index (χ1n) is 7.57. The van der Waals surface area contributed by atoms with E-state index >= 15 is 0 Å². The summed E-state index contributed by atoms with van der Waals surface area (Å²) >= 11 is 0. The Morgan fingerprint density at radius 3 is 1.65 bits per heavy atom. The summed E-state index contributed by atoms with van der Waals surface area (Å²) in [5.74, 6) is 0. The molecule has 0 spiro atoms. The van der Waals surface area contributed by atoms with E-state index in [0.717, 1.165) is 11.0 Å². The van der Waals surface area contributed by atoms with Crippen LogP contribution < -0.4 is 5.32 Å². The number of nitrogens with zero attached hydrogens (tertiary/aromatic N) is 1. The highest BCUT2D eigenvalue weighted by atomic mass is 15.3. The Labute approximate surface area is 109 Å². The lowest BCUT2D eigenvalue weighted by Crippen LogP contribution is -2.35. The molecule has 2 heteroatoms. The van der Waals surface area contributed by atoms with Gasteiger partial charge in [0.15, 0.2) is 0 Å². The fraction of sp³-hybridized carbons (Fsp3) is 1.00. The molecule has 0 aromatic heterocycles. The van der Waals surface area contributed by atoms with Gasteiger partial charge >= 0.3 is 0 Å². The molecule has 0 fully saturated rings. The highest BCUT2D eigenvalue weighted by molar-refractivity contribution is 4.49. The van der Waals surface area contributed by atoms with Crippen molar-refractivity contribution in [2.24, 2.45) is 0 Å². The van der Waals surface area contributed by atoms with Gasteiger partial charge in [-0.2, -0.15) is 0 Å². The van der Waals surface area contributed by atoms with Crippen LogP contribution >= 0.6 is 0 Å². The summed E-state index contributed by atoms with van der Waals surface area (Å²) < 4.78 is 1.12. The maximum absolute atomic E-state index is 3.38. The van der Waals surface area contributed by atoms with Crippen molar-refractivity contribution in [1.29, 1.82) is 0 Å². The van der Waals surface area contributed by atoms with Crippen molar-refractivity contribution in [3.05, 3.63) is 0 Å². The van der Waals surface area contributed by atoms with Crippen LogP contribution in [-0.2, 0) is 0 Å². The lowest BCUT2D eigenvalue weighted by molar-refractivity contribution is -0.870. The lowest BCUT2D eigenvalue weighted by Gasteiger charge is -2.23. The van der Waals surface area contributed by atoms with Gasteiger partial charge in [0.1, 0.15) is 0 Å². The first kappa shape index (κ1) is 16.9. The van der Waals surface area contributed by atoms with Gasteiger partial charge in [-0.3, -0.25) is 0 Å². The molecule has 0 amide bonds. The van der Waals surface area contributed by atoms with Crippen molar-refractivity contribution in [3.8, 4) is 0 Å². The minimum atomic E-state index is 1.12. The number of rotatable bonds is 12. The average molecular weight is 243 g/mol. The number of nitrogens with one attached hydrogen (secondary N) is 1. The van der Waals surface area contributed by atoms with Crippen LogP contribution in [0.5, 0.6) is 0 Å². The van der Waals surface area contributed by atoms with Crippen LogP contribution in [-0.4, -0.2) is 45.3 Å². The van der Waals surface area contributed by atoms with Gasteiger partial charge in [-0.25, -0.2) is 0 Å². The normalized spacial score (nSPS) is 12.0. The zero-order valence-corrected chi connectivity index (χ0v) is 12.7. The maximum Gasteiger partial charge on any atom is 0.0780 e. The summed E-state index contributed by atoms with van der Waals surface area (Å²) in [5.41, 5.74) is 0. The number of quaternary nitrogens is 1. The molecule has 0 aliphatic heterocycles. The number of unbranched alkanes of at least 4 members (excludes halogenated alkanes) is 7. The van der Waals surface area contributed by atoms with E-state index in [1.807, 2.05) is 0 Å². The molecule has 0 saturated carbocycles. The Kier molecular flexibility index (Phi) is 11.0. The summed E-state index contributed by atoms with van der Waals surface area (Å²) in [6.07, 6.45) is 11.3. The standard InChI is InChI=1S/C15H35N2/c1-5-16-14-12-10-8-6-7-9-11-13-15-17(2,3)4/h16H,5-15H2,1-4H3/q+1. The first-order chi connectivity index (χ1) is 8.06. The predicted octanol–water partition coefficient (Wildman–Crippen LogP) is 3.42. The van der Waals surface area contributed by atoms with Crippen LogP contribution in [0.25, 0.3) is 0 Å². The van der Waals surface area contributed by atoms with Crippen LogP contribution in [0.1, 0.15) is 58.3 Å². The Balaban J connectivity index is 2.99. The van der Waals surface area contributed by atoms with Gasteiger partial charge in [-0.1, -0.05) is 39.0 Å². The number of hydrogen-bond acceptors (Lipinski definition) is 1. The molecule has 0 radical (unpaired) electrons. The monoisotopic (exact) mass is 243 g/mol. The van der Waals surface area contributed by atoms with E-state index in [1.54, 1.807) is 0 Å². The molecule has 104 valence electrons. The highest BCUT2D eigenvalue weighted by Gasteiger charge is 2.04. The van der Waals surface area contributed by atoms with E-state index < -0.39 is 0 Å². The second-order valence-corrected chi connectivity index (χ2v) is 6.20. The fourth-order valence-electron chi connectivity index (χ4n) is 2.07. The van der Waals surface area contributed by atoms with Crippen molar-refractivity contribution < 1.29 is 4.48 Å². The molecular weight excluding hydrogens is 208 g/mol.